The molecule has 33 heavy (non-hydrogen) atoms. The van der Waals surface area contributed by atoms with Crippen molar-refractivity contribution in [2.75, 3.05) is 0 Å². The first-order valence-electron chi connectivity index (χ1n) is 12.4. The van der Waals surface area contributed by atoms with Crippen molar-refractivity contribution >= 4 is 15.6 Å². The molecule has 0 saturated heterocycles. The fourth-order valence-corrected chi connectivity index (χ4v) is 2.97. The van der Waals surface area contributed by atoms with Gasteiger partial charge in [-0.3, -0.25) is 0 Å². The van der Waals surface area contributed by atoms with Crippen molar-refractivity contribution in [1.29, 1.82) is 0 Å². The molecule has 0 aromatic rings. The second kappa shape index (κ2) is 34.3. The minimum atomic E-state index is -5.39. The third-order valence-corrected chi connectivity index (χ3v) is 4.46. The average molecular weight is 521 g/mol. The minimum absolute atomic E-state index is 0. The molecule has 0 aromatic carbocycles. The van der Waals surface area contributed by atoms with Crippen molar-refractivity contribution in [1.82, 2.24) is 0 Å². The van der Waals surface area contributed by atoms with Crippen LogP contribution in [-0.4, -0.2) is 5.48 Å². The molecule has 0 aliphatic carbocycles. The molecule has 9 nitrogen and oxygen atoms in total. The smallest absolute Gasteiger partial charge is 0.0533 e. The Morgan fingerprint density at radius 2 is 0.485 bits per heavy atom. The molecule has 0 fully saturated rings. The third kappa shape index (κ3) is 99.3. The van der Waals surface area contributed by atoms with Gasteiger partial charge in [0.2, 0.25) is 0 Å². The molecular weight excluding hydrogens is 470 g/mol. The van der Waals surface area contributed by atoms with Crippen LogP contribution in [0.25, 0.3) is 0 Å². The van der Waals surface area contributed by atoms with E-state index in [0.29, 0.717) is 0 Å². The lowest BCUT2D eigenvalue weighted by Gasteiger charge is -2.36. The molecule has 2 N–H and O–H groups in total. The zero-order valence-electron chi connectivity index (χ0n) is 21.4. The van der Waals surface area contributed by atoms with Crippen molar-refractivity contribution in [3.8, 4) is 0 Å². The van der Waals surface area contributed by atoms with Gasteiger partial charge in [-0.2, -0.15) is 15.6 Å². The molecule has 208 valence electrons. The minimum Gasteiger partial charge on any atom is -0.822 e. The highest BCUT2D eigenvalue weighted by Gasteiger charge is 1.94. The van der Waals surface area contributed by atoms with Crippen LogP contribution in [0, 0.1) is 0 Å². The van der Waals surface area contributed by atoms with Gasteiger partial charge in [-0.15, -0.1) is 0 Å². The Labute approximate surface area is 203 Å². The highest BCUT2D eigenvalue weighted by molar-refractivity contribution is 7.40. The Bertz CT molecular complexity index is 358. The summed E-state index contributed by atoms with van der Waals surface area (Å²) >= 11 is 0. The Hall–Kier alpha value is 0.180. The summed E-state index contributed by atoms with van der Waals surface area (Å²) < 4.78 is 17.1. The van der Waals surface area contributed by atoms with E-state index in [4.69, 9.17) is 38.5 Å². The van der Waals surface area contributed by atoms with E-state index in [-0.39, 0.29) is 5.48 Å². The molecule has 0 bridgehead atoms. The molecule has 0 aliphatic heterocycles. The van der Waals surface area contributed by atoms with Crippen LogP contribution in [0.1, 0.15) is 143 Å². The molecule has 0 atom stereocenters. The second-order valence-corrected chi connectivity index (χ2v) is 9.34. The summed E-state index contributed by atoms with van der Waals surface area (Å²) in [5.41, 5.74) is 0. The van der Waals surface area contributed by atoms with Crippen LogP contribution in [-0.2, 0) is 9.13 Å². The Balaban J connectivity index is -0.000000166. The van der Waals surface area contributed by atoms with Crippen LogP contribution in [0.3, 0.4) is 0 Å². The molecule has 0 saturated carbocycles. The topological polar surface area (TPSA) is 204 Å². The van der Waals surface area contributed by atoms with Gasteiger partial charge in [-0.25, -0.2) is 0 Å². The van der Waals surface area contributed by atoms with Gasteiger partial charge < -0.3 is 44.0 Å². The predicted octanol–water partition coefficient (Wildman–Crippen LogP) is 2.60. The van der Waals surface area contributed by atoms with Crippen LogP contribution >= 0.6 is 15.6 Å². The lowest BCUT2D eigenvalue weighted by molar-refractivity contribution is -0.434. The average Bonchev–Trinajstić information content (AvgIpc) is 2.67. The number of phosphoric acid groups is 2. The molecule has 0 aromatic heterocycles. The van der Waals surface area contributed by atoms with E-state index in [1.54, 1.807) is 0 Å². The molecule has 0 heterocycles. The maximum atomic E-state index is 8.55. The summed E-state index contributed by atoms with van der Waals surface area (Å²) in [5, 5.41) is 0. The number of hydrogen-bond donors (Lipinski definition) is 0. The molecule has 0 unspecified atom stereocenters. The van der Waals surface area contributed by atoms with E-state index < -0.39 is 15.6 Å². The lowest BCUT2D eigenvalue weighted by Crippen LogP contribution is -2.24. The first-order chi connectivity index (χ1) is 14.9. The van der Waals surface area contributed by atoms with E-state index in [1.807, 2.05) is 13.8 Å². The number of rotatable bonds is 17. The summed E-state index contributed by atoms with van der Waals surface area (Å²) in [6, 6.07) is 0. The van der Waals surface area contributed by atoms with E-state index in [2.05, 4.69) is 13.8 Å². The van der Waals surface area contributed by atoms with E-state index in [9.17, 15) is 0 Å². The summed E-state index contributed by atoms with van der Waals surface area (Å²) in [6.07, 6.45) is 26.4. The highest BCUT2D eigenvalue weighted by atomic mass is 31.2. The first-order valence-corrected chi connectivity index (χ1v) is 15.3. The Kier molecular flexibility index (Phi) is 45.0. The van der Waals surface area contributed by atoms with Crippen LogP contribution in [0.5, 0.6) is 0 Å². The van der Waals surface area contributed by atoms with E-state index in [0.717, 1.165) is 0 Å². The predicted molar refractivity (Wildman–Crippen MR) is 125 cm³/mol. The standard InChI is InChI=1S/C20H42.C2H6.2H3O4P.H2O/c1-3-5-7-9-11-13-15-17-19-20-18-16-14-12-10-8-6-4-2;1-2;2*1-5(2,3)4;/h3-20H2,1-2H3;1-2H3;2*(H3,1,2,3,4);1H2/p-6. The van der Waals surface area contributed by atoms with Crippen LogP contribution < -0.4 is 29.4 Å². The second-order valence-electron chi connectivity index (χ2n) is 7.55. The quantitative estimate of drug-likeness (QED) is 0.205. The molecule has 0 rings (SSSR count). The number of hydrogen-bond acceptors (Lipinski definition) is 8. The van der Waals surface area contributed by atoms with Gasteiger partial charge in [-0.05, 0) is 0 Å². The van der Waals surface area contributed by atoms with Gasteiger partial charge in [0.25, 0.3) is 0 Å². The SMILES string of the molecule is CC.CCCCCCCCCCCCCCCCCCCC.O.O=P([O-])([O-])[O-].O=P([O-])([O-])[O-]. The Morgan fingerprint density at radius 1 is 0.394 bits per heavy atom. The lowest BCUT2D eigenvalue weighted by atomic mass is 10.0. The first kappa shape index (κ1) is 43.3. The fourth-order valence-electron chi connectivity index (χ4n) is 2.97. The molecule has 11 heteroatoms. The maximum Gasteiger partial charge on any atom is -0.0533 e. The highest BCUT2D eigenvalue weighted by Crippen LogP contribution is 2.14. The largest absolute Gasteiger partial charge is 0.822 e. The van der Waals surface area contributed by atoms with Gasteiger partial charge >= 0.3 is 0 Å². The van der Waals surface area contributed by atoms with Crippen LogP contribution in [0.15, 0.2) is 0 Å². The van der Waals surface area contributed by atoms with Gasteiger partial charge in [-0.1, -0.05) is 143 Å². The molecular formula is C22H50O9P2-6. The van der Waals surface area contributed by atoms with Gasteiger partial charge in [0, 0.05) is 0 Å². The molecule has 0 radical (unpaired) electrons. The summed E-state index contributed by atoms with van der Waals surface area (Å²) in [7, 11) is -10.8. The van der Waals surface area contributed by atoms with Gasteiger partial charge in [0.05, 0.1) is 0 Å². The van der Waals surface area contributed by atoms with Gasteiger partial charge in [0.15, 0.2) is 0 Å². The van der Waals surface area contributed by atoms with Crippen molar-refractivity contribution < 1.29 is 44.0 Å². The molecule has 0 spiro atoms. The van der Waals surface area contributed by atoms with Crippen molar-refractivity contribution in [3.63, 3.8) is 0 Å². The van der Waals surface area contributed by atoms with E-state index in [1.165, 1.54) is 116 Å². The zero-order chi connectivity index (χ0) is 25.7. The van der Waals surface area contributed by atoms with Crippen LogP contribution in [0.4, 0.5) is 0 Å². The molecule has 0 aliphatic rings. The number of unbranched alkanes of at least 4 members (excludes halogenated alkanes) is 17. The monoisotopic (exact) mass is 520 g/mol. The van der Waals surface area contributed by atoms with Crippen molar-refractivity contribution in [2.45, 2.75) is 143 Å². The zero-order valence-corrected chi connectivity index (χ0v) is 23.2. The summed E-state index contributed by atoms with van der Waals surface area (Å²) in [5.74, 6) is 0. The van der Waals surface area contributed by atoms with Crippen molar-refractivity contribution in [3.05, 3.63) is 0 Å². The van der Waals surface area contributed by atoms with Crippen LogP contribution in [0.2, 0.25) is 0 Å². The van der Waals surface area contributed by atoms with Crippen molar-refractivity contribution in [2.24, 2.45) is 0 Å². The summed E-state index contributed by atoms with van der Waals surface area (Å²) in [4.78, 5) is 51.3. The Morgan fingerprint density at radius 3 is 0.576 bits per heavy atom. The molecule has 0 amide bonds. The summed E-state index contributed by atoms with van der Waals surface area (Å²) in [6.45, 7) is 8.59. The third-order valence-electron chi connectivity index (χ3n) is 4.46. The van der Waals surface area contributed by atoms with Gasteiger partial charge in [0.1, 0.15) is 0 Å². The normalized spacial score (nSPS) is 10.5. The van der Waals surface area contributed by atoms with E-state index >= 15 is 0 Å². The maximum absolute atomic E-state index is 8.55. The fraction of sp³-hybridized carbons (Fsp3) is 1.00.